The first-order valence-corrected chi connectivity index (χ1v) is 23.8. The highest BCUT2D eigenvalue weighted by Gasteiger charge is 2.56. The van der Waals surface area contributed by atoms with Crippen molar-refractivity contribution in [2.45, 2.75) is 167 Å². The van der Waals surface area contributed by atoms with E-state index in [1.165, 1.54) is 19.1 Å². The number of amides is 1. The molecule has 2 N–H and O–H groups in total. The summed E-state index contributed by atoms with van der Waals surface area (Å²) in [7, 11) is 4.67. The monoisotopic (exact) mass is 910 g/mol. The molecule has 3 heterocycles. The minimum atomic E-state index is -2.52. The van der Waals surface area contributed by atoms with Gasteiger partial charge >= 0.3 is 5.97 Å². The Labute approximate surface area is 385 Å². The van der Waals surface area contributed by atoms with Crippen LogP contribution in [0.4, 0.5) is 0 Å². The standard InChI is InChI=1S/C51H75NO13/c1-10-36-23-30(2)22-31(3)24-44(61-8)47-45(62-9)26-33(5)51(59,65-47)48(56)49(57)52-21-15-14-18-38(52)50(58)64-46(34(6)39(53)28-40(36)54)32(4)25-35-19-20-42(43(27-35)60-7)63-29-41(55)37-16-12-11-13-17-37/h11-13,16-17,23,25,31,33-36,38-39,42-47,53,59H,10,14-15,18-22,24,26-29H2,1-9H3/b30-23+,32-25+/t31-,33+,34+,35-,36+,38-,39-,42+,43+,44?,45-,46+,47+,51+/m0/s1. The number of allylic oxidation sites excluding steroid dienone is 3. The molecule has 1 aliphatic carbocycles. The highest BCUT2D eigenvalue weighted by Crippen LogP contribution is 2.39. The number of fused-ring (bicyclic) bond motifs is 3. The molecule has 1 aromatic rings. The zero-order valence-electron chi connectivity index (χ0n) is 40.1. The van der Waals surface area contributed by atoms with Gasteiger partial charge in [0.15, 0.2) is 5.78 Å². The minimum Gasteiger partial charge on any atom is -0.456 e. The molecule has 3 fully saturated rings. The molecule has 14 heteroatoms. The van der Waals surface area contributed by atoms with Gasteiger partial charge in [-0.25, -0.2) is 4.79 Å². The maximum Gasteiger partial charge on any atom is 0.329 e. The molecule has 1 amide bonds. The molecule has 1 unspecified atom stereocenters. The van der Waals surface area contributed by atoms with Crippen molar-refractivity contribution < 1.29 is 62.6 Å². The van der Waals surface area contributed by atoms with Gasteiger partial charge in [-0.05, 0) is 95.5 Å². The van der Waals surface area contributed by atoms with Gasteiger partial charge in [0, 0.05) is 57.6 Å². The van der Waals surface area contributed by atoms with E-state index in [9.17, 15) is 34.2 Å². The number of carbonyl (C=O) groups is 5. The second kappa shape index (κ2) is 23.9. The number of hydrogen-bond acceptors (Lipinski definition) is 13. The Morgan fingerprint density at radius 2 is 1.57 bits per heavy atom. The Kier molecular flexibility index (Phi) is 19.2. The minimum absolute atomic E-state index is 0.0211. The van der Waals surface area contributed by atoms with Gasteiger partial charge < -0.3 is 43.5 Å². The molecule has 14 nitrogen and oxygen atoms in total. The van der Waals surface area contributed by atoms with Crippen LogP contribution >= 0.6 is 0 Å². The third kappa shape index (κ3) is 12.9. The number of ether oxygens (including phenoxy) is 6. The number of methoxy groups -OCH3 is 3. The molecule has 0 spiro atoms. The molecule has 2 bridgehead atoms. The number of nitrogens with zero attached hydrogens (tertiary/aromatic N) is 1. The van der Waals surface area contributed by atoms with Gasteiger partial charge in [-0.2, -0.15) is 0 Å². The van der Waals surface area contributed by atoms with E-state index in [-0.39, 0.29) is 68.0 Å². The molecule has 362 valence electrons. The highest BCUT2D eigenvalue weighted by molar-refractivity contribution is 6.39. The summed E-state index contributed by atoms with van der Waals surface area (Å²) in [6.45, 7) is 11.2. The molecule has 1 aromatic carbocycles. The summed E-state index contributed by atoms with van der Waals surface area (Å²) in [5.74, 6) is -7.80. The fourth-order valence-corrected chi connectivity index (χ4v) is 10.5. The lowest BCUT2D eigenvalue weighted by molar-refractivity contribution is -0.302. The van der Waals surface area contributed by atoms with Crippen molar-refractivity contribution in [2.75, 3.05) is 34.5 Å². The summed E-state index contributed by atoms with van der Waals surface area (Å²) < 4.78 is 36.4. The number of benzene rings is 1. The van der Waals surface area contributed by atoms with Gasteiger partial charge in [-0.15, -0.1) is 0 Å². The number of aliphatic hydroxyl groups is 2. The van der Waals surface area contributed by atoms with Gasteiger partial charge in [0.25, 0.3) is 11.7 Å². The second-order valence-electron chi connectivity index (χ2n) is 19.2. The molecule has 1 saturated carbocycles. The van der Waals surface area contributed by atoms with Crippen LogP contribution in [0, 0.1) is 29.6 Å². The molecule has 4 aliphatic rings. The quantitative estimate of drug-likeness (QED) is 0.114. The molecule has 0 radical (unpaired) electrons. The largest absolute Gasteiger partial charge is 0.456 e. The van der Waals surface area contributed by atoms with E-state index in [1.54, 1.807) is 33.1 Å². The summed E-state index contributed by atoms with van der Waals surface area (Å²) >= 11 is 0. The normalized spacial score (nSPS) is 37.3. The number of piperidine rings is 1. The van der Waals surface area contributed by atoms with Crippen molar-refractivity contribution in [1.29, 1.82) is 0 Å². The zero-order valence-corrected chi connectivity index (χ0v) is 40.1. The summed E-state index contributed by atoms with van der Waals surface area (Å²) in [6, 6.07) is 7.83. The van der Waals surface area contributed by atoms with Crippen LogP contribution in [0.5, 0.6) is 0 Å². The fraction of sp³-hybridized carbons (Fsp3) is 0.706. The third-order valence-electron chi connectivity index (χ3n) is 14.4. The van der Waals surface area contributed by atoms with Crippen LogP contribution in [-0.2, 0) is 47.6 Å². The van der Waals surface area contributed by atoms with Gasteiger partial charge in [0.05, 0.1) is 30.5 Å². The first kappa shape index (κ1) is 52.3. The maximum atomic E-state index is 14.5. The lowest BCUT2D eigenvalue weighted by atomic mass is 9.81. The van der Waals surface area contributed by atoms with Crippen LogP contribution in [-0.4, -0.2) is 133 Å². The Balaban J connectivity index is 1.46. The predicted molar refractivity (Wildman–Crippen MR) is 243 cm³/mol. The predicted octanol–water partition coefficient (Wildman–Crippen LogP) is 6.38. The topological polar surface area (TPSA) is 184 Å². The second-order valence-corrected chi connectivity index (χ2v) is 19.2. The van der Waals surface area contributed by atoms with Crippen LogP contribution in [0.25, 0.3) is 0 Å². The van der Waals surface area contributed by atoms with Crippen molar-refractivity contribution >= 4 is 29.2 Å². The molecule has 2 saturated heterocycles. The summed E-state index contributed by atoms with van der Waals surface area (Å²) in [6.07, 6.45) is 3.90. The Morgan fingerprint density at radius 1 is 0.892 bits per heavy atom. The smallest absolute Gasteiger partial charge is 0.329 e. The van der Waals surface area contributed by atoms with E-state index in [4.69, 9.17) is 28.4 Å². The van der Waals surface area contributed by atoms with E-state index in [2.05, 4.69) is 6.92 Å². The number of carbonyl (C=O) groups excluding carboxylic acids is 5. The van der Waals surface area contributed by atoms with Gasteiger partial charge in [-0.3, -0.25) is 19.2 Å². The van der Waals surface area contributed by atoms with Crippen LogP contribution in [0.15, 0.2) is 53.6 Å². The fourth-order valence-electron chi connectivity index (χ4n) is 10.5. The first-order chi connectivity index (χ1) is 30.9. The van der Waals surface area contributed by atoms with Gasteiger partial charge in [-0.1, -0.05) is 75.8 Å². The maximum absolute atomic E-state index is 14.5. The van der Waals surface area contributed by atoms with Crippen LogP contribution in [0.3, 0.4) is 0 Å². The Morgan fingerprint density at radius 3 is 2.23 bits per heavy atom. The van der Waals surface area contributed by atoms with E-state index < -0.39 is 77.8 Å². The molecular weight excluding hydrogens is 835 g/mol. The van der Waals surface area contributed by atoms with Gasteiger partial charge in [0.1, 0.15) is 30.6 Å². The summed E-state index contributed by atoms with van der Waals surface area (Å²) in [5, 5.41) is 23.9. The molecule has 5 rings (SSSR count). The van der Waals surface area contributed by atoms with Crippen LogP contribution < -0.4 is 0 Å². The van der Waals surface area contributed by atoms with E-state index >= 15 is 0 Å². The van der Waals surface area contributed by atoms with Crippen molar-refractivity contribution in [2.24, 2.45) is 29.6 Å². The highest BCUT2D eigenvalue weighted by atomic mass is 16.7. The van der Waals surface area contributed by atoms with Crippen molar-refractivity contribution in [3.8, 4) is 0 Å². The zero-order chi connectivity index (χ0) is 47.6. The van der Waals surface area contributed by atoms with Gasteiger partial charge in [0.2, 0.25) is 5.79 Å². The van der Waals surface area contributed by atoms with E-state index in [0.717, 1.165) is 5.57 Å². The van der Waals surface area contributed by atoms with Crippen LogP contribution in [0.1, 0.15) is 123 Å². The van der Waals surface area contributed by atoms with E-state index in [1.807, 2.05) is 51.1 Å². The first-order valence-electron chi connectivity index (χ1n) is 23.8. The Hall–Kier alpha value is -3.63. The molecular formula is C51H75NO13. The van der Waals surface area contributed by atoms with Crippen molar-refractivity contribution in [1.82, 2.24) is 4.90 Å². The lowest BCUT2D eigenvalue weighted by Gasteiger charge is -2.47. The summed E-state index contributed by atoms with van der Waals surface area (Å²) in [4.78, 5) is 71.1. The third-order valence-corrected chi connectivity index (χ3v) is 14.4. The number of aliphatic hydroxyl groups excluding tert-OH is 1. The Bertz CT molecular complexity index is 1850. The number of rotatable bonds is 10. The lowest BCUT2D eigenvalue weighted by Crippen LogP contribution is -2.64. The van der Waals surface area contributed by atoms with E-state index in [0.29, 0.717) is 62.5 Å². The van der Waals surface area contributed by atoms with Crippen LogP contribution in [0.2, 0.25) is 0 Å². The molecule has 3 aliphatic heterocycles. The van der Waals surface area contributed by atoms with Crippen molar-refractivity contribution in [3.63, 3.8) is 0 Å². The number of ketones is 3. The number of esters is 1. The molecule has 0 aromatic heterocycles. The summed E-state index contributed by atoms with van der Waals surface area (Å²) in [5.41, 5.74) is 2.21. The average Bonchev–Trinajstić information content (AvgIpc) is 3.30. The molecule has 14 atom stereocenters. The average molecular weight is 910 g/mol. The molecule has 65 heavy (non-hydrogen) atoms. The van der Waals surface area contributed by atoms with Crippen molar-refractivity contribution in [3.05, 3.63) is 59.2 Å². The SMILES string of the molecule is CC[C@@H]1/C=C(\C)C[C@H](C)CC(OC)[C@H]2O[C@@](O)(C(=O)C(=O)N3CCCC[C@H]3C(=O)O[C@H](/C(C)=C/[C@@H]3CC[C@@H](OCC(=O)c4ccccc4)[C@H](OC)C3)[C@H](C)[C@@H](O)CC1=O)[C@H](C)C[C@@H]2OC. The number of cyclic esters (lactones) is 1. The number of hydrogen-bond donors (Lipinski definition) is 2. The number of Topliss-reactive ketones (excluding diaryl/α,β-unsaturated/α-hetero) is 3.